The van der Waals surface area contributed by atoms with Gasteiger partial charge in [-0.15, -0.1) is 15.3 Å². The zero-order chi connectivity index (χ0) is 16.5. The lowest BCUT2D eigenvalue weighted by molar-refractivity contribution is -0.668. The quantitative estimate of drug-likeness (QED) is 0.369. The van der Waals surface area contributed by atoms with Crippen LogP contribution in [-0.4, -0.2) is 31.8 Å². The van der Waals surface area contributed by atoms with E-state index in [4.69, 9.17) is 16.6 Å². The van der Waals surface area contributed by atoms with Gasteiger partial charge in [0.15, 0.2) is 0 Å². The number of nitro groups is 3. The van der Waals surface area contributed by atoms with E-state index in [0.29, 0.717) is 0 Å². The zero-order valence-electron chi connectivity index (χ0n) is 10.3. The molecular formula is C6H9N9O6. The third kappa shape index (κ3) is 2.17. The Morgan fingerprint density at radius 1 is 0.667 bits per heavy atom. The summed E-state index contributed by atoms with van der Waals surface area (Å²) < 4.78 is 0. The topological polar surface area (TPSA) is 238 Å². The average Bonchev–Trinajstić information content (AvgIpc) is 2.45. The van der Waals surface area contributed by atoms with Gasteiger partial charge in [-0.1, -0.05) is 0 Å². The van der Waals surface area contributed by atoms with Gasteiger partial charge in [-0.25, -0.2) is 16.6 Å². The van der Waals surface area contributed by atoms with Crippen LogP contribution in [0.2, 0.25) is 0 Å². The molecule has 21 heavy (non-hydrogen) atoms. The summed E-state index contributed by atoms with van der Waals surface area (Å²) in [7, 11) is 0. The third-order valence-electron chi connectivity index (χ3n) is 3.34. The molecule has 0 aromatic carbocycles. The first-order valence-corrected chi connectivity index (χ1v) is 5.23. The third-order valence-corrected chi connectivity index (χ3v) is 3.34. The molecule has 15 nitrogen and oxygen atoms in total. The molecule has 0 aliphatic heterocycles. The SMILES string of the molecule is N=NC1([N+](=O)[O-])CC(N=N)([N+](=O)[O-])CC(N=N)([N+](=O)[O-])C1. The predicted octanol–water partition coefficient (Wildman–Crippen LogP) is 1.18. The molecule has 1 fully saturated rings. The van der Waals surface area contributed by atoms with Crippen LogP contribution < -0.4 is 0 Å². The normalized spacial score (nSPS) is 35.4. The minimum absolute atomic E-state index is 1.10. The highest BCUT2D eigenvalue weighted by molar-refractivity contribution is 5.01. The highest BCUT2D eigenvalue weighted by Gasteiger charge is 2.74. The monoisotopic (exact) mass is 303 g/mol. The fourth-order valence-corrected chi connectivity index (χ4v) is 2.29. The molecular weight excluding hydrogens is 294 g/mol. The molecule has 0 saturated heterocycles. The highest BCUT2D eigenvalue weighted by Crippen LogP contribution is 2.47. The van der Waals surface area contributed by atoms with Crippen molar-refractivity contribution in [2.75, 3.05) is 0 Å². The number of nitrogens with one attached hydrogen (secondary N) is 3. The summed E-state index contributed by atoms with van der Waals surface area (Å²) in [6, 6.07) is 0. The summed E-state index contributed by atoms with van der Waals surface area (Å²) in [4.78, 5) is 29.7. The van der Waals surface area contributed by atoms with Gasteiger partial charge in [0.05, 0.1) is 14.8 Å². The lowest BCUT2D eigenvalue weighted by atomic mass is 9.75. The predicted molar refractivity (Wildman–Crippen MR) is 58.5 cm³/mol. The van der Waals surface area contributed by atoms with Crippen molar-refractivity contribution in [2.45, 2.75) is 36.3 Å². The Bertz CT molecular complexity index is 463. The van der Waals surface area contributed by atoms with E-state index in [1.54, 1.807) is 0 Å². The van der Waals surface area contributed by atoms with Gasteiger partial charge in [-0.2, -0.15) is 0 Å². The van der Waals surface area contributed by atoms with E-state index in [-0.39, 0.29) is 0 Å². The Morgan fingerprint density at radius 2 is 0.857 bits per heavy atom. The van der Waals surface area contributed by atoms with Crippen LogP contribution in [0, 0.1) is 46.9 Å². The van der Waals surface area contributed by atoms with E-state index < -0.39 is 51.0 Å². The number of hydrogen-bond acceptors (Lipinski definition) is 12. The van der Waals surface area contributed by atoms with Crippen LogP contribution in [0.5, 0.6) is 0 Å². The first kappa shape index (κ1) is 16.1. The molecule has 1 aliphatic carbocycles. The van der Waals surface area contributed by atoms with Crippen LogP contribution in [0.25, 0.3) is 0 Å². The summed E-state index contributed by atoms with van der Waals surface area (Å²) in [5, 5.41) is 41.4. The molecule has 0 heterocycles. The molecule has 3 N–H and O–H groups in total. The van der Waals surface area contributed by atoms with Crippen molar-refractivity contribution < 1.29 is 14.8 Å². The lowest BCUT2D eigenvalue weighted by Gasteiger charge is -2.35. The van der Waals surface area contributed by atoms with Crippen LogP contribution in [0.3, 0.4) is 0 Å². The number of nitrogens with zero attached hydrogens (tertiary/aromatic N) is 6. The van der Waals surface area contributed by atoms with E-state index in [1.165, 1.54) is 0 Å². The Morgan fingerprint density at radius 3 is 0.952 bits per heavy atom. The Hall–Kier alpha value is -3.00. The van der Waals surface area contributed by atoms with Crippen molar-refractivity contribution in [1.29, 1.82) is 16.6 Å². The molecule has 0 bridgehead atoms. The second-order valence-electron chi connectivity index (χ2n) is 4.58. The fraction of sp³-hybridized carbons (Fsp3) is 1.00. The largest absolute Gasteiger partial charge is 0.347 e. The van der Waals surface area contributed by atoms with E-state index in [2.05, 4.69) is 15.3 Å². The first-order valence-electron chi connectivity index (χ1n) is 5.23. The Labute approximate surface area is 114 Å². The van der Waals surface area contributed by atoms with Crippen LogP contribution >= 0.6 is 0 Å². The second-order valence-corrected chi connectivity index (χ2v) is 4.58. The smallest absolute Gasteiger partial charge is 0.262 e. The van der Waals surface area contributed by atoms with E-state index in [0.717, 1.165) is 0 Å². The van der Waals surface area contributed by atoms with Crippen molar-refractivity contribution >= 4 is 0 Å². The minimum Gasteiger partial charge on any atom is -0.262 e. The molecule has 1 rings (SSSR count). The minimum atomic E-state index is -2.74. The van der Waals surface area contributed by atoms with Crippen LogP contribution in [-0.2, 0) is 0 Å². The van der Waals surface area contributed by atoms with Crippen molar-refractivity contribution in [3.05, 3.63) is 30.3 Å². The second kappa shape index (κ2) is 4.84. The van der Waals surface area contributed by atoms with Crippen molar-refractivity contribution in [3.63, 3.8) is 0 Å². The van der Waals surface area contributed by atoms with Crippen LogP contribution in [0.1, 0.15) is 19.3 Å². The molecule has 0 radical (unpaired) electrons. The molecule has 1 aliphatic rings. The number of rotatable bonds is 6. The molecule has 0 atom stereocenters. The van der Waals surface area contributed by atoms with Crippen molar-refractivity contribution in [1.82, 2.24) is 0 Å². The van der Waals surface area contributed by atoms with Crippen molar-refractivity contribution in [2.24, 2.45) is 15.3 Å². The molecule has 1 saturated carbocycles. The summed E-state index contributed by atoms with van der Waals surface area (Å²) in [5.74, 6) is 0. The first-order chi connectivity index (χ1) is 9.63. The molecule has 114 valence electrons. The summed E-state index contributed by atoms with van der Waals surface area (Å²) in [6.07, 6.45) is -3.30. The van der Waals surface area contributed by atoms with E-state index >= 15 is 0 Å². The summed E-state index contributed by atoms with van der Waals surface area (Å²) >= 11 is 0. The average molecular weight is 303 g/mol. The zero-order valence-corrected chi connectivity index (χ0v) is 10.3. The number of hydrogen-bond donors (Lipinski definition) is 3. The molecule has 0 amide bonds. The summed E-state index contributed by atoms with van der Waals surface area (Å²) in [6.45, 7) is 0. The maximum atomic E-state index is 11.1. The van der Waals surface area contributed by atoms with Gasteiger partial charge in [0.25, 0.3) is 0 Å². The van der Waals surface area contributed by atoms with Gasteiger partial charge < -0.3 is 0 Å². The maximum absolute atomic E-state index is 11.1. The highest BCUT2D eigenvalue weighted by atomic mass is 16.7. The van der Waals surface area contributed by atoms with Crippen molar-refractivity contribution in [3.8, 4) is 0 Å². The lowest BCUT2D eigenvalue weighted by Crippen LogP contribution is -2.62. The molecule has 0 aromatic rings. The molecule has 0 spiro atoms. The summed E-state index contributed by atoms with van der Waals surface area (Å²) in [5.41, 5.74) is 12.5. The maximum Gasteiger partial charge on any atom is 0.347 e. The van der Waals surface area contributed by atoms with Gasteiger partial charge in [-0.05, 0) is 0 Å². The van der Waals surface area contributed by atoms with Gasteiger partial charge in [0, 0.05) is 0 Å². The van der Waals surface area contributed by atoms with E-state index in [1.807, 2.05) is 0 Å². The fourth-order valence-electron chi connectivity index (χ4n) is 2.29. The van der Waals surface area contributed by atoms with Gasteiger partial charge in [0.1, 0.15) is 19.3 Å². The molecule has 0 aromatic heterocycles. The molecule has 15 heteroatoms. The Kier molecular flexibility index (Phi) is 3.70. The van der Waals surface area contributed by atoms with Gasteiger partial charge in [-0.3, -0.25) is 30.3 Å². The van der Waals surface area contributed by atoms with E-state index in [9.17, 15) is 30.3 Å². The van der Waals surface area contributed by atoms with Gasteiger partial charge >= 0.3 is 17.0 Å². The van der Waals surface area contributed by atoms with Crippen LogP contribution in [0.4, 0.5) is 0 Å². The van der Waals surface area contributed by atoms with Gasteiger partial charge in [0.2, 0.25) is 0 Å². The standard InChI is InChI=1S/C6H9N9O6/c7-10-4(13(16)17)1-5(11-8,14(18)19)3-6(2-4,12-9)15(20)21/h7-9H,1-3H2. The Balaban J connectivity index is 3.62. The van der Waals surface area contributed by atoms with Crippen LogP contribution in [0.15, 0.2) is 15.3 Å². The molecule has 0 unspecified atom stereocenters.